The molecule has 0 heterocycles. The Morgan fingerprint density at radius 1 is 1.25 bits per heavy atom. The predicted octanol–water partition coefficient (Wildman–Crippen LogP) is 2.99. The average Bonchev–Trinajstić information content (AvgIpc) is 2.46. The highest BCUT2D eigenvalue weighted by atomic mass is 31.2. The molecule has 0 fully saturated rings. The molecule has 0 aliphatic carbocycles. The second-order valence-electron chi connectivity index (χ2n) is 4.78. The van der Waals surface area contributed by atoms with Gasteiger partial charge < -0.3 is 9.26 Å². The van der Waals surface area contributed by atoms with Gasteiger partial charge in [0.1, 0.15) is 0 Å². The molecule has 1 rings (SSSR count). The summed E-state index contributed by atoms with van der Waals surface area (Å²) in [5, 5.41) is 0.598. The maximum absolute atomic E-state index is 12.9. The first kappa shape index (κ1) is 16.7. The lowest BCUT2D eigenvalue weighted by Gasteiger charge is -2.18. The number of carbonyl (C=O) groups is 1. The fourth-order valence-corrected chi connectivity index (χ4v) is 3.69. The van der Waals surface area contributed by atoms with Crippen molar-refractivity contribution in [3.8, 4) is 0 Å². The zero-order chi connectivity index (χ0) is 15.2. The summed E-state index contributed by atoms with van der Waals surface area (Å²) in [4.78, 5) is 11.8. The van der Waals surface area contributed by atoms with E-state index in [0.717, 1.165) is 0 Å². The van der Waals surface area contributed by atoms with Gasteiger partial charge in [-0.05, 0) is 18.1 Å². The molecule has 0 saturated carbocycles. The van der Waals surface area contributed by atoms with Crippen molar-refractivity contribution in [3.63, 3.8) is 0 Å². The van der Waals surface area contributed by atoms with Crippen LogP contribution in [0.5, 0.6) is 0 Å². The molecule has 1 aromatic carbocycles. The number of hydrogen-bond acceptors (Lipinski definition) is 4. The number of esters is 1. The van der Waals surface area contributed by atoms with Crippen LogP contribution < -0.4 is 5.30 Å². The van der Waals surface area contributed by atoms with Crippen molar-refractivity contribution in [1.29, 1.82) is 0 Å². The Kier molecular flexibility index (Phi) is 6.18. The van der Waals surface area contributed by atoms with Gasteiger partial charge in [0.15, 0.2) is 0 Å². The lowest BCUT2D eigenvalue weighted by atomic mass is 10.1. The van der Waals surface area contributed by atoms with E-state index < -0.39 is 13.3 Å². The van der Waals surface area contributed by atoms with Crippen molar-refractivity contribution in [1.82, 2.24) is 0 Å². The van der Waals surface area contributed by atoms with Crippen LogP contribution in [0.4, 0.5) is 0 Å². The van der Waals surface area contributed by atoms with Crippen LogP contribution in [0.3, 0.4) is 0 Å². The molecule has 5 heteroatoms. The van der Waals surface area contributed by atoms with Gasteiger partial charge in [-0.1, -0.05) is 38.1 Å². The third kappa shape index (κ3) is 4.32. The SMILES string of the molecule is COC(=O)/C(=C\C(C)C)CP(=O)(OC)c1ccccc1. The maximum Gasteiger partial charge on any atom is 0.333 e. The Hall–Kier alpha value is -1.38. The number of allylic oxidation sites excluding steroid dienone is 1. The number of benzene rings is 1. The predicted molar refractivity (Wildman–Crippen MR) is 80.5 cm³/mol. The minimum absolute atomic E-state index is 0.0400. The van der Waals surface area contributed by atoms with E-state index in [-0.39, 0.29) is 12.1 Å². The highest BCUT2D eigenvalue weighted by Gasteiger charge is 2.28. The highest BCUT2D eigenvalue weighted by Crippen LogP contribution is 2.46. The van der Waals surface area contributed by atoms with Crippen LogP contribution in [0.15, 0.2) is 42.0 Å². The summed E-state index contributed by atoms with van der Waals surface area (Å²) < 4.78 is 22.9. The molecule has 20 heavy (non-hydrogen) atoms. The monoisotopic (exact) mass is 296 g/mol. The fourth-order valence-electron chi connectivity index (χ4n) is 1.86. The minimum atomic E-state index is -3.10. The smallest absolute Gasteiger partial charge is 0.333 e. The Morgan fingerprint density at radius 2 is 1.85 bits per heavy atom. The van der Waals surface area contributed by atoms with Crippen LogP contribution in [-0.2, 0) is 18.6 Å². The number of rotatable bonds is 6. The van der Waals surface area contributed by atoms with Crippen LogP contribution in [0.25, 0.3) is 0 Å². The van der Waals surface area contributed by atoms with E-state index in [1.807, 2.05) is 19.9 Å². The molecule has 0 aliphatic rings. The van der Waals surface area contributed by atoms with Gasteiger partial charge in [0.05, 0.1) is 13.3 Å². The van der Waals surface area contributed by atoms with Crippen molar-refractivity contribution in [2.75, 3.05) is 20.4 Å². The summed E-state index contributed by atoms with van der Waals surface area (Å²) in [5.74, 6) is -0.308. The van der Waals surface area contributed by atoms with Crippen LogP contribution in [0.2, 0.25) is 0 Å². The van der Waals surface area contributed by atoms with Gasteiger partial charge in [0.25, 0.3) is 0 Å². The van der Waals surface area contributed by atoms with Crippen molar-refractivity contribution in [3.05, 3.63) is 42.0 Å². The van der Waals surface area contributed by atoms with Gasteiger partial charge in [-0.2, -0.15) is 0 Å². The normalized spacial score (nSPS) is 14.9. The van der Waals surface area contributed by atoms with E-state index >= 15 is 0 Å². The lowest BCUT2D eigenvalue weighted by Crippen LogP contribution is -2.16. The van der Waals surface area contributed by atoms with Crippen molar-refractivity contribution in [2.45, 2.75) is 13.8 Å². The van der Waals surface area contributed by atoms with E-state index in [1.165, 1.54) is 14.2 Å². The van der Waals surface area contributed by atoms with E-state index in [9.17, 15) is 9.36 Å². The molecule has 0 aliphatic heterocycles. The Balaban J connectivity index is 3.13. The molecule has 1 aromatic rings. The van der Waals surface area contributed by atoms with E-state index in [1.54, 1.807) is 30.3 Å². The quantitative estimate of drug-likeness (QED) is 0.460. The van der Waals surface area contributed by atoms with Crippen molar-refractivity contribution in [2.24, 2.45) is 5.92 Å². The number of ether oxygens (including phenoxy) is 1. The molecule has 4 nitrogen and oxygen atoms in total. The second kappa shape index (κ2) is 7.41. The molecule has 0 amide bonds. The Bertz CT molecular complexity index is 520. The first-order valence-corrected chi connectivity index (χ1v) is 8.23. The van der Waals surface area contributed by atoms with E-state index in [4.69, 9.17) is 9.26 Å². The summed E-state index contributed by atoms with van der Waals surface area (Å²) in [6.45, 7) is 3.90. The van der Waals surface area contributed by atoms with E-state index in [0.29, 0.717) is 10.9 Å². The lowest BCUT2D eigenvalue weighted by molar-refractivity contribution is -0.136. The first-order chi connectivity index (χ1) is 9.42. The first-order valence-electron chi connectivity index (χ1n) is 6.42. The number of carbonyl (C=O) groups excluding carboxylic acids is 1. The highest BCUT2D eigenvalue weighted by molar-refractivity contribution is 7.67. The molecule has 0 spiro atoms. The van der Waals surface area contributed by atoms with Crippen LogP contribution in [0, 0.1) is 5.92 Å². The van der Waals surface area contributed by atoms with Gasteiger partial charge in [0.2, 0.25) is 7.37 Å². The standard InChI is InChI=1S/C15H21O4P/c1-12(2)10-13(15(16)18-3)11-20(17,19-4)14-8-6-5-7-9-14/h5-10,12H,11H2,1-4H3/b13-10-. The van der Waals surface area contributed by atoms with Gasteiger partial charge in [-0.25, -0.2) is 4.79 Å². The zero-order valence-corrected chi connectivity index (χ0v) is 13.2. The fraction of sp³-hybridized carbons (Fsp3) is 0.400. The molecule has 110 valence electrons. The molecule has 0 aromatic heterocycles. The molecule has 1 unspecified atom stereocenters. The minimum Gasteiger partial charge on any atom is -0.466 e. The largest absolute Gasteiger partial charge is 0.466 e. The third-order valence-electron chi connectivity index (χ3n) is 2.81. The molecule has 1 atom stereocenters. The van der Waals surface area contributed by atoms with E-state index in [2.05, 4.69) is 0 Å². The number of methoxy groups -OCH3 is 1. The van der Waals surface area contributed by atoms with Crippen molar-refractivity contribution < 1.29 is 18.6 Å². The van der Waals surface area contributed by atoms with Gasteiger partial charge in [-0.15, -0.1) is 0 Å². The van der Waals surface area contributed by atoms with Crippen LogP contribution in [0.1, 0.15) is 13.8 Å². The van der Waals surface area contributed by atoms with Gasteiger partial charge in [0, 0.05) is 18.0 Å². The topological polar surface area (TPSA) is 52.6 Å². The molecular weight excluding hydrogens is 275 g/mol. The zero-order valence-electron chi connectivity index (χ0n) is 12.3. The molecule has 0 saturated heterocycles. The van der Waals surface area contributed by atoms with Crippen LogP contribution >= 0.6 is 7.37 Å². The molecule has 0 bridgehead atoms. The third-order valence-corrected chi connectivity index (χ3v) is 5.24. The molecule has 0 N–H and O–H groups in total. The van der Waals surface area contributed by atoms with Crippen LogP contribution in [-0.4, -0.2) is 26.4 Å². The summed E-state index contributed by atoms with van der Waals surface area (Å²) in [6.07, 6.45) is 1.80. The van der Waals surface area contributed by atoms with Gasteiger partial charge >= 0.3 is 5.97 Å². The Labute approximate surface area is 120 Å². The van der Waals surface area contributed by atoms with Crippen molar-refractivity contribution >= 4 is 18.6 Å². The maximum atomic E-state index is 12.9. The molecular formula is C15H21O4P. The summed E-state index contributed by atoms with van der Waals surface area (Å²) in [7, 11) is -0.384. The second-order valence-corrected chi connectivity index (χ2v) is 7.32. The summed E-state index contributed by atoms with van der Waals surface area (Å²) >= 11 is 0. The molecule has 0 radical (unpaired) electrons. The summed E-state index contributed by atoms with van der Waals surface area (Å²) in [5.41, 5.74) is 0.386. The average molecular weight is 296 g/mol. The summed E-state index contributed by atoms with van der Waals surface area (Å²) in [6, 6.07) is 8.92. The van der Waals surface area contributed by atoms with Gasteiger partial charge in [-0.3, -0.25) is 4.57 Å². The Morgan fingerprint density at radius 3 is 2.30 bits per heavy atom. The number of hydrogen-bond donors (Lipinski definition) is 0.